The monoisotopic (exact) mass is 268 g/mol. The SMILES string of the molecule is O=C(O)C1CNCC(=O)N(c2cccc(Cl)c2)C1. The van der Waals surface area contributed by atoms with Gasteiger partial charge in [0, 0.05) is 23.8 Å². The molecule has 1 aliphatic rings. The topological polar surface area (TPSA) is 69.6 Å². The van der Waals surface area contributed by atoms with Gasteiger partial charge in [0.2, 0.25) is 5.91 Å². The van der Waals surface area contributed by atoms with Gasteiger partial charge in [-0.2, -0.15) is 0 Å². The number of halogens is 1. The fourth-order valence-corrected chi connectivity index (χ4v) is 2.08. The van der Waals surface area contributed by atoms with Crippen molar-refractivity contribution >= 4 is 29.2 Å². The van der Waals surface area contributed by atoms with E-state index in [1.807, 2.05) is 0 Å². The predicted molar refractivity (Wildman–Crippen MR) is 67.8 cm³/mol. The first-order valence-electron chi connectivity index (χ1n) is 5.57. The Balaban J connectivity index is 2.27. The molecule has 1 amide bonds. The maximum atomic E-state index is 11.9. The smallest absolute Gasteiger partial charge is 0.309 e. The number of carbonyl (C=O) groups is 2. The van der Waals surface area contributed by atoms with Crippen LogP contribution < -0.4 is 10.2 Å². The molecule has 1 fully saturated rings. The zero-order valence-corrected chi connectivity index (χ0v) is 10.4. The van der Waals surface area contributed by atoms with Crippen LogP contribution in [0.3, 0.4) is 0 Å². The van der Waals surface area contributed by atoms with E-state index in [9.17, 15) is 9.59 Å². The molecule has 2 rings (SSSR count). The second-order valence-electron chi connectivity index (χ2n) is 4.15. The molecule has 1 aromatic carbocycles. The molecule has 1 heterocycles. The highest BCUT2D eigenvalue weighted by Gasteiger charge is 2.28. The number of amides is 1. The highest BCUT2D eigenvalue weighted by atomic mass is 35.5. The second kappa shape index (κ2) is 5.37. The highest BCUT2D eigenvalue weighted by Crippen LogP contribution is 2.21. The third-order valence-electron chi connectivity index (χ3n) is 2.84. The average molecular weight is 269 g/mol. The van der Waals surface area contributed by atoms with Gasteiger partial charge in [-0.3, -0.25) is 9.59 Å². The van der Waals surface area contributed by atoms with Crippen LogP contribution in [0.25, 0.3) is 0 Å². The lowest BCUT2D eigenvalue weighted by molar-refractivity contribution is -0.141. The minimum atomic E-state index is -0.913. The molecule has 1 unspecified atom stereocenters. The molecule has 1 saturated heterocycles. The number of carbonyl (C=O) groups excluding carboxylic acids is 1. The standard InChI is InChI=1S/C12H13ClN2O3/c13-9-2-1-3-10(4-9)15-7-8(12(17)18)5-14-6-11(15)16/h1-4,8,14H,5-7H2,(H,17,18). The van der Waals surface area contributed by atoms with Crippen molar-refractivity contribution in [1.29, 1.82) is 0 Å². The molecule has 6 heteroatoms. The Morgan fingerprint density at radius 2 is 2.28 bits per heavy atom. The van der Waals surface area contributed by atoms with Crippen molar-refractivity contribution in [1.82, 2.24) is 5.32 Å². The van der Waals surface area contributed by atoms with Gasteiger partial charge >= 0.3 is 5.97 Å². The minimum absolute atomic E-state index is 0.135. The average Bonchev–Trinajstić information content (AvgIpc) is 2.51. The van der Waals surface area contributed by atoms with Crippen molar-refractivity contribution < 1.29 is 14.7 Å². The summed E-state index contributed by atoms with van der Waals surface area (Å²) in [7, 11) is 0. The number of hydrogen-bond donors (Lipinski definition) is 2. The Hall–Kier alpha value is -1.59. The number of hydrogen-bond acceptors (Lipinski definition) is 3. The van der Waals surface area contributed by atoms with Crippen LogP contribution in [0.1, 0.15) is 0 Å². The van der Waals surface area contributed by atoms with Crippen molar-refractivity contribution in [3.8, 4) is 0 Å². The van der Waals surface area contributed by atoms with Crippen molar-refractivity contribution in [3.63, 3.8) is 0 Å². The number of carboxylic acids is 1. The van der Waals surface area contributed by atoms with Crippen molar-refractivity contribution in [2.75, 3.05) is 24.5 Å². The van der Waals surface area contributed by atoms with Crippen LogP contribution in [0.4, 0.5) is 5.69 Å². The van der Waals surface area contributed by atoms with Gasteiger partial charge in [0.25, 0.3) is 0 Å². The number of aliphatic carboxylic acids is 1. The fourth-order valence-electron chi connectivity index (χ4n) is 1.89. The third-order valence-corrected chi connectivity index (χ3v) is 3.08. The first-order chi connectivity index (χ1) is 8.58. The Morgan fingerprint density at radius 1 is 1.50 bits per heavy atom. The molecule has 0 aromatic heterocycles. The van der Waals surface area contributed by atoms with E-state index in [1.54, 1.807) is 24.3 Å². The molecular weight excluding hydrogens is 256 g/mol. The maximum absolute atomic E-state index is 11.9. The molecule has 96 valence electrons. The molecule has 1 atom stereocenters. The van der Waals surface area contributed by atoms with Crippen LogP contribution in [0.5, 0.6) is 0 Å². The molecule has 18 heavy (non-hydrogen) atoms. The molecule has 0 spiro atoms. The first kappa shape index (κ1) is 12.9. The molecule has 5 nitrogen and oxygen atoms in total. The zero-order chi connectivity index (χ0) is 13.1. The summed E-state index contributed by atoms with van der Waals surface area (Å²) in [5, 5.41) is 12.4. The normalized spacial score (nSPS) is 20.6. The van der Waals surface area contributed by atoms with Gasteiger partial charge in [0.1, 0.15) is 0 Å². The van der Waals surface area contributed by atoms with Crippen LogP contribution >= 0.6 is 11.6 Å². The number of nitrogens with one attached hydrogen (secondary N) is 1. The summed E-state index contributed by atoms with van der Waals surface area (Å²) in [6.45, 7) is 0.579. The quantitative estimate of drug-likeness (QED) is 0.839. The second-order valence-corrected chi connectivity index (χ2v) is 4.59. The van der Waals surface area contributed by atoms with Crippen LogP contribution in [-0.2, 0) is 9.59 Å². The number of carboxylic acid groups (broad SMARTS) is 1. The van der Waals surface area contributed by atoms with E-state index in [0.717, 1.165) is 0 Å². The Morgan fingerprint density at radius 3 is 2.94 bits per heavy atom. The Bertz CT molecular complexity index is 478. The van der Waals surface area contributed by atoms with Crippen LogP contribution in [0, 0.1) is 5.92 Å². The highest BCUT2D eigenvalue weighted by molar-refractivity contribution is 6.30. The Kier molecular flexibility index (Phi) is 3.84. The van der Waals surface area contributed by atoms with Crippen molar-refractivity contribution in [2.45, 2.75) is 0 Å². The van der Waals surface area contributed by atoms with Gasteiger partial charge in [0.05, 0.1) is 12.5 Å². The summed E-state index contributed by atoms with van der Waals surface area (Å²) < 4.78 is 0. The van der Waals surface area contributed by atoms with E-state index in [1.165, 1.54) is 4.90 Å². The largest absolute Gasteiger partial charge is 0.481 e. The molecular formula is C12H13ClN2O3. The predicted octanol–water partition coefficient (Wildman–Crippen LogP) is 0.977. The summed E-state index contributed by atoms with van der Waals surface area (Å²) in [6, 6.07) is 6.84. The van der Waals surface area contributed by atoms with E-state index in [0.29, 0.717) is 10.7 Å². The molecule has 1 aromatic rings. The summed E-state index contributed by atoms with van der Waals surface area (Å²) in [6.07, 6.45) is 0. The van der Waals surface area contributed by atoms with E-state index in [4.69, 9.17) is 16.7 Å². The lowest BCUT2D eigenvalue weighted by Crippen LogP contribution is -2.37. The summed E-state index contributed by atoms with van der Waals surface area (Å²) in [4.78, 5) is 24.4. The lowest BCUT2D eigenvalue weighted by atomic mass is 10.1. The fraction of sp³-hybridized carbons (Fsp3) is 0.333. The minimum Gasteiger partial charge on any atom is -0.481 e. The van der Waals surface area contributed by atoms with Gasteiger partial charge in [-0.15, -0.1) is 0 Å². The van der Waals surface area contributed by atoms with E-state index >= 15 is 0 Å². The summed E-state index contributed by atoms with van der Waals surface area (Å²) >= 11 is 5.88. The number of nitrogens with zero attached hydrogens (tertiary/aromatic N) is 1. The Labute approximate surface area is 109 Å². The zero-order valence-electron chi connectivity index (χ0n) is 9.60. The third kappa shape index (κ3) is 2.80. The lowest BCUT2D eigenvalue weighted by Gasteiger charge is -2.22. The number of rotatable bonds is 2. The molecule has 0 bridgehead atoms. The summed E-state index contributed by atoms with van der Waals surface area (Å²) in [5.41, 5.74) is 0.627. The first-order valence-corrected chi connectivity index (χ1v) is 5.95. The van der Waals surface area contributed by atoms with Gasteiger partial charge in [0.15, 0.2) is 0 Å². The van der Waals surface area contributed by atoms with Crippen LogP contribution in [0.15, 0.2) is 24.3 Å². The molecule has 2 N–H and O–H groups in total. The van der Waals surface area contributed by atoms with Gasteiger partial charge in [-0.25, -0.2) is 0 Å². The number of benzene rings is 1. The van der Waals surface area contributed by atoms with Crippen molar-refractivity contribution in [3.05, 3.63) is 29.3 Å². The van der Waals surface area contributed by atoms with E-state index < -0.39 is 11.9 Å². The maximum Gasteiger partial charge on any atom is 0.309 e. The van der Waals surface area contributed by atoms with Crippen molar-refractivity contribution in [2.24, 2.45) is 5.92 Å². The van der Waals surface area contributed by atoms with Crippen LogP contribution in [-0.4, -0.2) is 36.6 Å². The van der Waals surface area contributed by atoms with Gasteiger partial charge in [-0.05, 0) is 18.2 Å². The molecule has 0 radical (unpaired) electrons. The summed E-state index contributed by atoms with van der Waals surface area (Å²) in [5.74, 6) is -1.68. The molecule has 0 aliphatic carbocycles. The van der Waals surface area contributed by atoms with Gasteiger partial charge in [-0.1, -0.05) is 17.7 Å². The van der Waals surface area contributed by atoms with Gasteiger partial charge < -0.3 is 15.3 Å². The van der Waals surface area contributed by atoms with E-state index in [2.05, 4.69) is 5.32 Å². The molecule has 1 aliphatic heterocycles. The van der Waals surface area contributed by atoms with E-state index in [-0.39, 0.29) is 25.5 Å². The van der Waals surface area contributed by atoms with Crippen LogP contribution in [0.2, 0.25) is 5.02 Å². The number of anilines is 1. The molecule has 0 saturated carbocycles.